The van der Waals surface area contributed by atoms with Gasteiger partial charge in [-0.05, 0) is 59.6 Å². The van der Waals surface area contributed by atoms with Gasteiger partial charge in [0.25, 0.3) is 0 Å². The molecular formula is C18H22N2OS. The van der Waals surface area contributed by atoms with E-state index in [9.17, 15) is 0 Å². The average molecular weight is 314 g/mol. The monoisotopic (exact) mass is 314 g/mol. The van der Waals surface area contributed by atoms with Gasteiger partial charge in [0.1, 0.15) is 5.75 Å². The van der Waals surface area contributed by atoms with E-state index in [1.165, 1.54) is 5.56 Å². The summed E-state index contributed by atoms with van der Waals surface area (Å²) in [5.41, 5.74) is 3.34. The summed E-state index contributed by atoms with van der Waals surface area (Å²) in [4.78, 5) is 0. The van der Waals surface area contributed by atoms with Crippen LogP contribution in [0.2, 0.25) is 0 Å². The van der Waals surface area contributed by atoms with Crippen molar-refractivity contribution >= 4 is 28.7 Å². The molecule has 0 aliphatic carbocycles. The van der Waals surface area contributed by atoms with Crippen molar-refractivity contribution in [1.82, 2.24) is 0 Å². The summed E-state index contributed by atoms with van der Waals surface area (Å²) in [6.45, 7) is 6.60. The Balaban J connectivity index is 1.96. The van der Waals surface area contributed by atoms with Crippen LogP contribution in [-0.2, 0) is 5.41 Å². The summed E-state index contributed by atoms with van der Waals surface area (Å²) in [7, 11) is 1.65. The van der Waals surface area contributed by atoms with E-state index in [1.54, 1.807) is 7.11 Å². The van der Waals surface area contributed by atoms with Crippen molar-refractivity contribution in [3.05, 3.63) is 54.1 Å². The van der Waals surface area contributed by atoms with Crippen LogP contribution in [0.1, 0.15) is 26.3 Å². The van der Waals surface area contributed by atoms with Gasteiger partial charge in [-0.15, -0.1) is 0 Å². The molecule has 22 heavy (non-hydrogen) atoms. The Hall–Kier alpha value is -2.07. The Morgan fingerprint density at radius 3 is 1.73 bits per heavy atom. The fourth-order valence-corrected chi connectivity index (χ4v) is 2.26. The molecule has 116 valence electrons. The molecule has 0 atom stereocenters. The van der Waals surface area contributed by atoms with Crippen LogP contribution >= 0.6 is 12.2 Å². The van der Waals surface area contributed by atoms with E-state index >= 15 is 0 Å². The van der Waals surface area contributed by atoms with Gasteiger partial charge in [-0.2, -0.15) is 0 Å². The zero-order chi connectivity index (χ0) is 16.2. The van der Waals surface area contributed by atoms with E-state index in [1.807, 2.05) is 36.4 Å². The minimum absolute atomic E-state index is 0.153. The largest absolute Gasteiger partial charge is 0.497 e. The Morgan fingerprint density at radius 1 is 0.864 bits per heavy atom. The molecule has 0 spiro atoms. The summed E-state index contributed by atoms with van der Waals surface area (Å²) in [6, 6.07) is 16.0. The first-order valence-corrected chi connectivity index (χ1v) is 7.62. The van der Waals surface area contributed by atoms with E-state index in [0.717, 1.165) is 17.1 Å². The van der Waals surface area contributed by atoms with Crippen LogP contribution in [0.25, 0.3) is 0 Å². The fourth-order valence-electron chi connectivity index (χ4n) is 2.02. The standard InChI is InChI=1S/C18H22N2OS/c1-18(2,3)13-5-7-14(8-6-13)19-17(22)20-15-9-11-16(21-4)12-10-15/h5-12H,1-4H3,(H2,19,20,22). The number of benzene rings is 2. The lowest BCUT2D eigenvalue weighted by atomic mass is 9.87. The van der Waals surface area contributed by atoms with Crippen LogP contribution < -0.4 is 15.4 Å². The average Bonchev–Trinajstić information content (AvgIpc) is 2.47. The number of hydrogen-bond donors (Lipinski definition) is 2. The molecule has 0 saturated carbocycles. The summed E-state index contributed by atoms with van der Waals surface area (Å²) in [6.07, 6.45) is 0. The van der Waals surface area contributed by atoms with Gasteiger partial charge in [-0.25, -0.2) is 0 Å². The predicted molar refractivity (Wildman–Crippen MR) is 98.0 cm³/mol. The highest BCUT2D eigenvalue weighted by Crippen LogP contribution is 2.23. The Bertz CT molecular complexity index is 628. The van der Waals surface area contributed by atoms with Crippen LogP contribution in [0.3, 0.4) is 0 Å². The van der Waals surface area contributed by atoms with Crippen molar-refractivity contribution < 1.29 is 4.74 Å². The molecule has 0 heterocycles. The van der Waals surface area contributed by atoms with Gasteiger partial charge < -0.3 is 15.4 Å². The van der Waals surface area contributed by atoms with Crippen LogP contribution in [0.5, 0.6) is 5.75 Å². The van der Waals surface area contributed by atoms with Crippen molar-refractivity contribution in [1.29, 1.82) is 0 Å². The fraction of sp³-hybridized carbons (Fsp3) is 0.278. The highest BCUT2D eigenvalue weighted by molar-refractivity contribution is 7.80. The molecule has 2 aromatic rings. The maximum atomic E-state index is 5.33. The first-order chi connectivity index (χ1) is 10.4. The van der Waals surface area contributed by atoms with E-state index in [0.29, 0.717) is 5.11 Å². The summed E-state index contributed by atoms with van der Waals surface area (Å²) in [5, 5.41) is 6.90. The highest BCUT2D eigenvalue weighted by atomic mass is 32.1. The zero-order valence-corrected chi connectivity index (χ0v) is 14.3. The number of thiocarbonyl (C=S) groups is 1. The van der Waals surface area contributed by atoms with Gasteiger partial charge in [0.05, 0.1) is 7.11 Å². The molecule has 0 fully saturated rings. The van der Waals surface area contributed by atoms with Crippen LogP contribution in [0.15, 0.2) is 48.5 Å². The second kappa shape index (κ2) is 6.79. The second-order valence-electron chi connectivity index (χ2n) is 6.13. The molecule has 0 aliphatic rings. The van der Waals surface area contributed by atoms with Crippen molar-refractivity contribution in [3.63, 3.8) is 0 Å². The maximum Gasteiger partial charge on any atom is 0.175 e. The number of anilines is 2. The summed E-state index contributed by atoms with van der Waals surface area (Å²) >= 11 is 5.33. The molecule has 0 aromatic heterocycles. The van der Waals surface area contributed by atoms with Gasteiger partial charge in [-0.1, -0.05) is 32.9 Å². The van der Waals surface area contributed by atoms with Gasteiger partial charge in [0, 0.05) is 11.4 Å². The summed E-state index contributed by atoms with van der Waals surface area (Å²) in [5.74, 6) is 0.821. The topological polar surface area (TPSA) is 33.3 Å². The SMILES string of the molecule is COc1ccc(NC(=S)Nc2ccc(C(C)(C)C)cc2)cc1. The van der Waals surface area contributed by atoms with E-state index in [4.69, 9.17) is 17.0 Å². The third kappa shape index (κ3) is 4.46. The summed E-state index contributed by atoms with van der Waals surface area (Å²) < 4.78 is 5.13. The molecule has 0 amide bonds. The highest BCUT2D eigenvalue weighted by Gasteiger charge is 2.12. The van der Waals surface area contributed by atoms with Crippen LogP contribution in [-0.4, -0.2) is 12.2 Å². The number of nitrogens with one attached hydrogen (secondary N) is 2. The normalized spacial score (nSPS) is 10.9. The number of hydrogen-bond acceptors (Lipinski definition) is 2. The minimum atomic E-state index is 0.153. The molecular weight excluding hydrogens is 292 g/mol. The molecule has 0 unspecified atom stereocenters. The Kier molecular flexibility index (Phi) is 5.03. The smallest absolute Gasteiger partial charge is 0.175 e. The molecule has 3 nitrogen and oxygen atoms in total. The molecule has 0 bridgehead atoms. The maximum absolute atomic E-state index is 5.33. The van der Waals surface area contributed by atoms with Crippen molar-refractivity contribution in [2.75, 3.05) is 17.7 Å². The molecule has 0 radical (unpaired) electrons. The molecule has 2 N–H and O–H groups in total. The van der Waals surface area contributed by atoms with Gasteiger partial charge in [-0.3, -0.25) is 0 Å². The third-order valence-electron chi connectivity index (χ3n) is 3.36. The number of rotatable bonds is 3. The van der Waals surface area contributed by atoms with E-state index in [2.05, 4.69) is 43.5 Å². The van der Waals surface area contributed by atoms with Gasteiger partial charge >= 0.3 is 0 Å². The predicted octanol–water partition coefficient (Wildman–Crippen LogP) is 4.80. The van der Waals surface area contributed by atoms with Crippen molar-refractivity contribution in [2.24, 2.45) is 0 Å². The Morgan fingerprint density at radius 2 is 1.32 bits per heavy atom. The van der Waals surface area contributed by atoms with Crippen molar-refractivity contribution in [3.8, 4) is 5.75 Å². The number of ether oxygens (including phenoxy) is 1. The quantitative estimate of drug-likeness (QED) is 0.797. The first kappa shape index (κ1) is 16.3. The minimum Gasteiger partial charge on any atom is -0.497 e. The molecule has 0 saturated heterocycles. The third-order valence-corrected chi connectivity index (χ3v) is 3.56. The number of methoxy groups -OCH3 is 1. The van der Waals surface area contributed by atoms with Crippen LogP contribution in [0.4, 0.5) is 11.4 Å². The van der Waals surface area contributed by atoms with Gasteiger partial charge in [0.15, 0.2) is 5.11 Å². The lowest BCUT2D eigenvalue weighted by Gasteiger charge is -2.19. The van der Waals surface area contributed by atoms with E-state index < -0.39 is 0 Å². The second-order valence-corrected chi connectivity index (χ2v) is 6.54. The molecule has 2 rings (SSSR count). The molecule has 2 aromatic carbocycles. The lowest BCUT2D eigenvalue weighted by molar-refractivity contribution is 0.415. The first-order valence-electron chi connectivity index (χ1n) is 7.21. The molecule has 4 heteroatoms. The molecule has 0 aliphatic heterocycles. The van der Waals surface area contributed by atoms with Crippen molar-refractivity contribution in [2.45, 2.75) is 26.2 Å². The van der Waals surface area contributed by atoms with Gasteiger partial charge in [0.2, 0.25) is 0 Å². The van der Waals surface area contributed by atoms with E-state index in [-0.39, 0.29) is 5.41 Å². The zero-order valence-electron chi connectivity index (χ0n) is 13.4. The Labute approximate surface area is 137 Å². The lowest BCUT2D eigenvalue weighted by Crippen LogP contribution is -2.19. The van der Waals surface area contributed by atoms with Crippen LogP contribution in [0, 0.1) is 0 Å².